The second-order valence-electron chi connectivity index (χ2n) is 7.11. The van der Waals surface area contributed by atoms with Crippen molar-refractivity contribution in [1.82, 2.24) is 4.90 Å². The third-order valence-electron chi connectivity index (χ3n) is 4.42. The predicted molar refractivity (Wildman–Crippen MR) is 83.3 cm³/mol. The number of ether oxygens (including phenoxy) is 1. The molecule has 1 aliphatic heterocycles. The fraction of sp³-hybridized carbons (Fsp3) is 0.929. The van der Waals surface area contributed by atoms with Gasteiger partial charge in [0.05, 0.1) is 0 Å². The first kappa shape index (κ1) is 17.5. The number of carbonyl (C=O) groups excluding carboxylic acids is 1. The molecule has 0 aliphatic carbocycles. The maximum atomic E-state index is 10.8. The molecule has 1 atom stereocenters. The molecular weight excluding hydrogens is 272 g/mol. The highest BCUT2D eigenvalue weighted by atomic mass is 28.4. The highest BCUT2D eigenvalue weighted by molar-refractivity contribution is 6.74. The summed E-state index contributed by atoms with van der Waals surface area (Å²) < 4.78 is 11.3. The summed E-state index contributed by atoms with van der Waals surface area (Å²) in [6.07, 6.45) is 1.21. The number of piperidine rings is 1. The number of nitrogens with zero attached hydrogens (tertiary/aromatic N) is 1. The molecule has 0 aromatic rings. The Hall–Kier alpha value is -0.593. The Morgan fingerprint density at radius 3 is 2.60 bits per heavy atom. The SMILES string of the molecule is CC(C)(C)[Si](C)(C)OCCN1CCCC(OC(N)=O)C1. The molecule has 1 heterocycles. The van der Waals surface area contributed by atoms with Crippen LogP contribution in [-0.2, 0) is 9.16 Å². The fourth-order valence-electron chi connectivity index (χ4n) is 2.12. The van der Waals surface area contributed by atoms with Crippen molar-refractivity contribution in [2.45, 2.75) is 57.8 Å². The van der Waals surface area contributed by atoms with Crippen LogP contribution in [0.25, 0.3) is 0 Å². The lowest BCUT2D eigenvalue weighted by molar-refractivity contribution is 0.0422. The van der Waals surface area contributed by atoms with Gasteiger partial charge in [0.2, 0.25) is 0 Å². The maximum absolute atomic E-state index is 10.8. The summed E-state index contributed by atoms with van der Waals surface area (Å²) >= 11 is 0. The first-order chi connectivity index (χ1) is 9.12. The Balaban J connectivity index is 2.33. The van der Waals surface area contributed by atoms with Gasteiger partial charge < -0.3 is 14.9 Å². The maximum Gasteiger partial charge on any atom is 0.404 e. The molecule has 1 rings (SSSR count). The second-order valence-corrected chi connectivity index (χ2v) is 11.9. The molecule has 1 fully saturated rings. The molecule has 1 aliphatic rings. The van der Waals surface area contributed by atoms with Gasteiger partial charge >= 0.3 is 6.09 Å². The van der Waals surface area contributed by atoms with Gasteiger partial charge in [-0.15, -0.1) is 0 Å². The Morgan fingerprint density at radius 1 is 1.40 bits per heavy atom. The van der Waals surface area contributed by atoms with Crippen molar-refractivity contribution in [3.8, 4) is 0 Å². The average molecular weight is 302 g/mol. The van der Waals surface area contributed by atoms with E-state index in [0.717, 1.165) is 39.1 Å². The largest absolute Gasteiger partial charge is 0.445 e. The van der Waals surface area contributed by atoms with Crippen molar-refractivity contribution >= 4 is 14.4 Å². The summed E-state index contributed by atoms with van der Waals surface area (Å²) in [7, 11) is -1.66. The van der Waals surface area contributed by atoms with Gasteiger partial charge in [-0.2, -0.15) is 0 Å². The minimum atomic E-state index is -1.66. The van der Waals surface area contributed by atoms with Crippen LogP contribution < -0.4 is 5.73 Å². The van der Waals surface area contributed by atoms with Crippen LogP contribution in [-0.4, -0.2) is 51.7 Å². The van der Waals surface area contributed by atoms with E-state index < -0.39 is 14.4 Å². The average Bonchev–Trinajstić information content (AvgIpc) is 2.26. The molecule has 0 spiro atoms. The predicted octanol–water partition coefficient (Wildman–Crippen LogP) is 2.57. The molecule has 0 bridgehead atoms. The van der Waals surface area contributed by atoms with E-state index in [1.165, 1.54) is 0 Å². The van der Waals surface area contributed by atoms with Crippen LogP contribution in [0.2, 0.25) is 18.1 Å². The summed E-state index contributed by atoms with van der Waals surface area (Å²) in [4.78, 5) is 13.1. The number of primary amides is 1. The van der Waals surface area contributed by atoms with Crippen LogP contribution in [0.4, 0.5) is 4.79 Å². The first-order valence-corrected chi connectivity index (χ1v) is 10.3. The molecule has 118 valence electrons. The van der Waals surface area contributed by atoms with E-state index in [9.17, 15) is 4.79 Å². The molecular formula is C14H30N2O3Si. The van der Waals surface area contributed by atoms with E-state index in [2.05, 4.69) is 38.8 Å². The molecule has 0 aromatic heterocycles. The van der Waals surface area contributed by atoms with Gasteiger partial charge in [-0.3, -0.25) is 4.90 Å². The van der Waals surface area contributed by atoms with E-state index in [-0.39, 0.29) is 11.1 Å². The van der Waals surface area contributed by atoms with E-state index in [0.29, 0.717) is 0 Å². The number of carbonyl (C=O) groups is 1. The van der Waals surface area contributed by atoms with E-state index in [1.807, 2.05) is 0 Å². The number of hydrogen-bond acceptors (Lipinski definition) is 4. The number of nitrogens with two attached hydrogens (primary N) is 1. The zero-order chi connectivity index (χ0) is 15.4. The third kappa shape index (κ3) is 5.42. The van der Waals surface area contributed by atoms with Gasteiger partial charge in [0, 0.05) is 19.7 Å². The smallest absolute Gasteiger partial charge is 0.404 e. The Kier molecular flexibility index (Phi) is 6.03. The molecule has 2 N–H and O–H groups in total. The Bertz CT molecular complexity index is 329. The molecule has 5 nitrogen and oxygen atoms in total. The molecule has 1 amide bonds. The minimum Gasteiger partial charge on any atom is -0.445 e. The van der Waals surface area contributed by atoms with Crippen molar-refractivity contribution in [2.24, 2.45) is 5.73 Å². The first-order valence-electron chi connectivity index (χ1n) is 7.44. The normalized spacial score (nSPS) is 21.8. The molecule has 0 radical (unpaired) electrons. The van der Waals surface area contributed by atoms with Crippen LogP contribution >= 0.6 is 0 Å². The highest BCUT2D eigenvalue weighted by Gasteiger charge is 2.37. The number of rotatable bonds is 5. The number of hydrogen-bond donors (Lipinski definition) is 1. The summed E-state index contributed by atoms with van der Waals surface area (Å²) in [5, 5.41) is 0.243. The summed E-state index contributed by atoms with van der Waals surface area (Å²) in [5.41, 5.74) is 5.08. The second kappa shape index (κ2) is 6.91. The number of amides is 1. The Morgan fingerprint density at radius 2 is 2.05 bits per heavy atom. The van der Waals surface area contributed by atoms with Gasteiger partial charge in [0.15, 0.2) is 8.32 Å². The topological polar surface area (TPSA) is 64.8 Å². The highest BCUT2D eigenvalue weighted by Crippen LogP contribution is 2.36. The molecule has 0 aromatic carbocycles. The molecule has 6 heteroatoms. The van der Waals surface area contributed by atoms with Gasteiger partial charge in [0.25, 0.3) is 0 Å². The lowest BCUT2D eigenvalue weighted by Crippen LogP contribution is -2.45. The summed E-state index contributed by atoms with van der Waals surface area (Å²) in [6.45, 7) is 14.7. The Labute approximate surface area is 123 Å². The van der Waals surface area contributed by atoms with Crippen LogP contribution in [0.1, 0.15) is 33.6 Å². The van der Waals surface area contributed by atoms with E-state index in [4.69, 9.17) is 14.9 Å². The molecule has 0 saturated carbocycles. The zero-order valence-electron chi connectivity index (χ0n) is 13.6. The van der Waals surface area contributed by atoms with Crippen molar-refractivity contribution in [2.75, 3.05) is 26.2 Å². The quantitative estimate of drug-likeness (QED) is 0.793. The van der Waals surface area contributed by atoms with Gasteiger partial charge in [0.1, 0.15) is 6.10 Å². The standard InChI is InChI=1S/C14H30N2O3Si/c1-14(2,3)20(4,5)18-10-9-16-8-6-7-12(11-16)19-13(15)17/h12H,6-11H2,1-5H3,(H2,15,17). The van der Waals surface area contributed by atoms with Crippen molar-refractivity contribution in [3.63, 3.8) is 0 Å². The van der Waals surface area contributed by atoms with Crippen LogP contribution in [0.3, 0.4) is 0 Å². The van der Waals surface area contributed by atoms with Gasteiger partial charge in [-0.05, 0) is 37.5 Å². The van der Waals surface area contributed by atoms with Crippen molar-refractivity contribution in [3.05, 3.63) is 0 Å². The molecule has 20 heavy (non-hydrogen) atoms. The fourth-order valence-corrected chi connectivity index (χ4v) is 3.16. The van der Waals surface area contributed by atoms with Crippen LogP contribution in [0, 0.1) is 0 Å². The van der Waals surface area contributed by atoms with Gasteiger partial charge in [-0.25, -0.2) is 4.79 Å². The minimum absolute atomic E-state index is 0.0610. The number of likely N-dealkylation sites (tertiary alicyclic amines) is 1. The summed E-state index contributed by atoms with van der Waals surface area (Å²) in [5.74, 6) is 0. The van der Waals surface area contributed by atoms with Crippen LogP contribution in [0.15, 0.2) is 0 Å². The zero-order valence-corrected chi connectivity index (χ0v) is 14.6. The lowest BCUT2D eigenvalue weighted by Gasteiger charge is -2.37. The lowest BCUT2D eigenvalue weighted by atomic mass is 10.1. The van der Waals surface area contributed by atoms with Gasteiger partial charge in [-0.1, -0.05) is 20.8 Å². The molecule has 1 saturated heterocycles. The third-order valence-corrected chi connectivity index (χ3v) is 8.96. The monoisotopic (exact) mass is 302 g/mol. The van der Waals surface area contributed by atoms with Crippen molar-refractivity contribution < 1.29 is 14.0 Å². The molecule has 1 unspecified atom stereocenters. The van der Waals surface area contributed by atoms with Crippen LogP contribution in [0.5, 0.6) is 0 Å². The van der Waals surface area contributed by atoms with E-state index in [1.54, 1.807) is 0 Å². The summed E-state index contributed by atoms with van der Waals surface area (Å²) in [6, 6.07) is 0. The van der Waals surface area contributed by atoms with Crippen molar-refractivity contribution in [1.29, 1.82) is 0 Å². The van der Waals surface area contributed by atoms with E-state index >= 15 is 0 Å².